The fourth-order valence-corrected chi connectivity index (χ4v) is 12.2. The van der Waals surface area contributed by atoms with Gasteiger partial charge in [0.2, 0.25) is 0 Å². The normalized spacial score (nSPS) is 43.1. The highest BCUT2D eigenvalue weighted by molar-refractivity contribution is 6.64. The van der Waals surface area contributed by atoms with Crippen molar-refractivity contribution in [1.29, 1.82) is 0 Å². The molecule has 0 aromatic heterocycles. The lowest BCUT2D eigenvalue weighted by Gasteiger charge is -2.72. The Morgan fingerprint density at radius 1 is 0.833 bits per heavy atom. The lowest BCUT2D eigenvalue weighted by molar-refractivity contribution is -0.234. The van der Waals surface area contributed by atoms with E-state index in [1.807, 2.05) is 0 Å². The number of carbonyl (C=O) groups is 4. The maximum absolute atomic E-state index is 13.8. The summed E-state index contributed by atoms with van der Waals surface area (Å²) in [5.41, 5.74) is 1.000. The first-order chi connectivity index (χ1) is 19.4. The van der Waals surface area contributed by atoms with Crippen molar-refractivity contribution in [2.45, 2.75) is 132 Å². The third kappa shape index (κ3) is 4.23. The van der Waals surface area contributed by atoms with E-state index in [0.717, 1.165) is 56.1 Å². The van der Waals surface area contributed by atoms with Gasteiger partial charge in [0.1, 0.15) is 6.10 Å². The molecule has 0 amide bonds. The summed E-state index contributed by atoms with van der Waals surface area (Å²) in [6, 6.07) is 0. The second-order valence-electron chi connectivity index (χ2n) is 16.1. The minimum Gasteiger partial charge on any atom is -0.462 e. The lowest BCUT2D eigenvalue weighted by atomic mass is 9.33. The number of fused-ring (bicyclic) bond motifs is 7. The van der Waals surface area contributed by atoms with Gasteiger partial charge in [-0.05, 0) is 114 Å². The van der Waals surface area contributed by atoms with Gasteiger partial charge in [-0.1, -0.05) is 48.5 Å². The molecule has 1 unspecified atom stereocenters. The van der Waals surface area contributed by atoms with Gasteiger partial charge in [-0.25, -0.2) is 0 Å². The molecule has 0 aromatic rings. The van der Waals surface area contributed by atoms with Gasteiger partial charge in [0.25, 0.3) is 5.24 Å². The van der Waals surface area contributed by atoms with Crippen LogP contribution in [-0.2, 0) is 28.7 Å². The van der Waals surface area contributed by atoms with Crippen LogP contribution in [0.3, 0.4) is 0 Å². The number of ketones is 1. The smallest absolute Gasteiger partial charge is 0.303 e. The molecule has 0 spiro atoms. The maximum Gasteiger partial charge on any atom is 0.303 e. The fraction of sp³-hybridized carbons (Fsp3) is 0.829. The van der Waals surface area contributed by atoms with E-state index < -0.39 is 22.7 Å². The Balaban J connectivity index is 1.59. The highest BCUT2D eigenvalue weighted by Crippen LogP contribution is 2.77. The number of Topliss-reactive ketones (excluding diaryl/α,β-unsaturated/α-hetero) is 1. The zero-order valence-electron chi connectivity index (χ0n) is 27.2. The molecule has 234 valence electrons. The quantitative estimate of drug-likeness (QED) is 0.238. The molecule has 0 N–H and O–H groups in total. The fourth-order valence-electron chi connectivity index (χ4n) is 11.9. The van der Waals surface area contributed by atoms with Crippen molar-refractivity contribution < 1.29 is 28.7 Å². The Kier molecular flexibility index (Phi) is 7.68. The Morgan fingerprint density at radius 3 is 2.07 bits per heavy atom. The predicted octanol–water partition coefficient (Wildman–Crippen LogP) is 7.60. The molecular weight excluding hydrogens is 552 g/mol. The standard InChI is InChI=1S/C35H51ClO6/c1-19(2)27-23(39)18-35(29(30(36)40)42-21(4)38)17-16-33(8)22(28(27)35)10-11-25-32(7)14-13-26(41-20(3)37)31(5,6)24(32)12-15-34(25,33)9/h19,22,24-26,29H,10-18H2,1-9H3/t22-,24+,25-,26+,29?,32+,33-,34-,35-/m1/s1. The van der Waals surface area contributed by atoms with Gasteiger partial charge >= 0.3 is 11.9 Å². The summed E-state index contributed by atoms with van der Waals surface area (Å²) in [6.45, 7) is 19.0. The first kappa shape index (κ1) is 31.7. The molecular formula is C35H51ClO6. The highest BCUT2D eigenvalue weighted by atomic mass is 35.5. The van der Waals surface area contributed by atoms with E-state index in [9.17, 15) is 19.2 Å². The molecule has 0 aliphatic heterocycles. The first-order valence-electron chi connectivity index (χ1n) is 16.2. The molecule has 4 fully saturated rings. The Bertz CT molecular complexity index is 1230. The van der Waals surface area contributed by atoms with Crippen molar-refractivity contribution >= 4 is 34.6 Å². The summed E-state index contributed by atoms with van der Waals surface area (Å²) in [6.07, 6.45) is 6.51. The summed E-state index contributed by atoms with van der Waals surface area (Å²) >= 11 is 6.19. The maximum atomic E-state index is 13.8. The molecule has 0 bridgehead atoms. The zero-order chi connectivity index (χ0) is 31.2. The largest absolute Gasteiger partial charge is 0.462 e. The molecule has 0 heterocycles. The average molecular weight is 603 g/mol. The number of hydrogen-bond donors (Lipinski definition) is 0. The van der Waals surface area contributed by atoms with Gasteiger partial charge in [0.05, 0.1) is 0 Å². The van der Waals surface area contributed by atoms with E-state index in [4.69, 9.17) is 21.1 Å². The summed E-state index contributed by atoms with van der Waals surface area (Å²) in [4.78, 5) is 50.9. The van der Waals surface area contributed by atoms with E-state index >= 15 is 0 Å². The predicted molar refractivity (Wildman–Crippen MR) is 161 cm³/mol. The summed E-state index contributed by atoms with van der Waals surface area (Å²) in [5, 5.41) is -0.691. The van der Waals surface area contributed by atoms with Gasteiger partial charge in [-0.3, -0.25) is 19.2 Å². The van der Waals surface area contributed by atoms with Gasteiger partial charge in [-0.15, -0.1) is 0 Å². The molecule has 5 rings (SSSR count). The second kappa shape index (κ2) is 10.2. The van der Waals surface area contributed by atoms with Gasteiger partial charge in [-0.2, -0.15) is 0 Å². The van der Waals surface area contributed by atoms with E-state index in [0.29, 0.717) is 18.3 Å². The van der Waals surface area contributed by atoms with Crippen LogP contribution in [0.15, 0.2) is 11.1 Å². The minimum absolute atomic E-state index is 0.0104. The van der Waals surface area contributed by atoms with Crippen LogP contribution in [0.2, 0.25) is 0 Å². The van der Waals surface area contributed by atoms with Crippen LogP contribution in [0, 0.1) is 50.7 Å². The molecule has 0 saturated heterocycles. The molecule has 7 heteroatoms. The Morgan fingerprint density at radius 2 is 1.50 bits per heavy atom. The van der Waals surface area contributed by atoms with E-state index in [2.05, 4.69) is 48.5 Å². The number of carbonyl (C=O) groups excluding carboxylic acids is 4. The minimum atomic E-state index is -1.15. The van der Waals surface area contributed by atoms with Crippen molar-refractivity contribution in [3.05, 3.63) is 11.1 Å². The van der Waals surface area contributed by atoms with Crippen LogP contribution in [0.1, 0.15) is 120 Å². The van der Waals surface area contributed by atoms with Crippen molar-refractivity contribution in [3.8, 4) is 0 Å². The van der Waals surface area contributed by atoms with Crippen molar-refractivity contribution in [2.75, 3.05) is 0 Å². The topological polar surface area (TPSA) is 86.7 Å². The number of halogens is 1. The highest BCUT2D eigenvalue weighted by Gasteiger charge is 2.71. The van der Waals surface area contributed by atoms with Crippen molar-refractivity contribution in [1.82, 2.24) is 0 Å². The van der Waals surface area contributed by atoms with Gasteiger partial charge in [0.15, 0.2) is 11.9 Å². The summed E-state index contributed by atoms with van der Waals surface area (Å²) < 4.78 is 11.6. The van der Waals surface area contributed by atoms with E-state index in [1.165, 1.54) is 13.8 Å². The van der Waals surface area contributed by atoms with E-state index in [1.54, 1.807) is 0 Å². The lowest BCUT2D eigenvalue weighted by Crippen LogP contribution is -2.66. The SMILES string of the molecule is CC(=O)OC(C(=O)Cl)[C@@]12CC[C@]3(C)[C@H](CC[C@@H]4[C@@]5(C)CC[C@H](OC(C)=O)C(C)(C)[C@@H]5CC[C@]43C)C1=C(C(C)C)C(=O)C2. The number of hydrogen-bond acceptors (Lipinski definition) is 6. The Hall–Kier alpha value is -1.69. The van der Waals surface area contributed by atoms with Gasteiger partial charge in [0, 0.05) is 31.1 Å². The van der Waals surface area contributed by atoms with Crippen LogP contribution in [0.4, 0.5) is 0 Å². The third-order valence-corrected chi connectivity index (χ3v) is 13.9. The Labute approximate surface area is 257 Å². The number of ether oxygens (including phenoxy) is 2. The first-order valence-corrected chi connectivity index (χ1v) is 16.6. The van der Waals surface area contributed by atoms with E-state index in [-0.39, 0.29) is 57.8 Å². The van der Waals surface area contributed by atoms with Crippen LogP contribution in [-0.4, -0.2) is 35.2 Å². The number of esters is 2. The molecule has 4 saturated carbocycles. The number of allylic oxidation sites excluding steroid dienone is 1. The second-order valence-corrected chi connectivity index (χ2v) is 16.5. The van der Waals surface area contributed by atoms with Gasteiger partial charge < -0.3 is 9.47 Å². The summed E-state index contributed by atoms with van der Waals surface area (Å²) in [5.74, 6) is 0.410. The molecule has 5 aliphatic carbocycles. The molecule has 5 aliphatic rings. The molecule has 9 atom stereocenters. The molecule has 0 radical (unpaired) electrons. The number of rotatable bonds is 5. The third-order valence-electron chi connectivity index (χ3n) is 13.7. The van der Waals surface area contributed by atoms with Crippen LogP contribution < -0.4 is 0 Å². The molecule has 6 nitrogen and oxygen atoms in total. The average Bonchev–Trinajstić information content (AvgIpc) is 3.17. The van der Waals surface area contributed by atoms with Crippen LogP contribution in [0.25, 0.3) is 0 Å². The van der Waals surface area contributed by atoms with Crippen molar-refractivity contribution in [2.24, 2.45) is 50.7 Å². The zero-order valence-corrected chi connectivity index (χ0v) is 27.9. The summed E-state index contributed by atoms with van der Waals surface area (Å²) in [7, 11) is 0. The van der Waals surface area contributed by atoms with Crippen LogP contribution >= 0.6 is 11.6 Å². The molecule has 0 aromatic carbocycles. The molecule has 42 heavy (non-hydrogen) atoms. The monoisotopic (exact) mass is 602 g/mol. The van der Waals surface area contributed by atoms with Crippen LogP contribution in [0.5, 0.6) is 0 Å². The van der Waals surface area contributed by atoms with Crippen molar-refractivity contribution in [3.63, 3.8) is 0 Å².